The molecule has 1 fully saturated rings. The molecule has 0 saturated carbocycles. The van der Waals surface area contributed by atoms with Gasteiger partial charge in [0.1, 0.15) is 17.7 Å². The van der Waals surface area contributed by atoms with Crippen LogP contribution in [0.15, 0.2) is 48.5 Å². The van der Waals surface area contributed by atoms with Crippen LogP contribution in [0.3, 0.4) is 0 Å². The zero-order valence-corrected chi connectivity index (χ0v) is 15.5. The fourth-order valence-electron chi connectivity index (χ4n) is 3.48. The minimum Gasteiger partial charge on any atom is -0.468 e. The van der Waals surface area contributed by atoms with E-state index in [0.717, 1.165) is 0 Å². The summed E-state index contributed by atoms with van der Waals surface area (Å²) in [5, 5.41) is 2.91. The molecule has 1 amide bonds. The van der Waals surface area contributed by atoms with Crippen LogP contribution in [0.4, 0.5) is 8.78 Å². The van der Waals surface area contributed by atoms with Gasteiger partial charge in [-0.25, -0.2) is 8.78 Å². The molecule has 5 nitrogen and oxygen atoms in total. The average molecular weight is 388 g/mol. The number of benzene rings is 2. The Morgan fingerprint density at radius 1 is 1.14 bits per heavy atom. The van der Waals surface area contributed by atoms with E-state index in [9.17, 15) is 18.4 Å². The number of amides is 1. The third-order valence-corrected chi connectivity index (χ3v) is 4.85. The van der Waals surface area contributed by atoms with E-state index in [1.165, 1.54) is 25.3 Å². The van der Waals surface area contributed by atoms with E-state index in [-0.39, 0.29) is 36.5 Å². The minimum absolute atomic E-state index is 0.118. The molecule has 0 radical (unpaired) electrons. The standard InChI is InChI=1S/C21H22F2N2O3/c1-28-21(27)19-11-17(13-25(19)12-15-4-2-3-5-18(15)23)24-20(26)10-14-6-8-16(22)9-7-14/h2-9,17,19H,10-13H2,1H3,(H,24,26)/t17-,19+/m1/s1. The number of esters is 1. The topological polar surface area (TPSA) is 58.6 Å². The van der Waals surface area contributed by atoms with Gasteiger partial charge in [-0.2, -0.15) is 0 Å². The van der Waals surface area contributed by atoms with Gasteiger partial charge in [-0.1, -0.05) is 30.3 Å². The SMILES string of the molecule is COC(=O)[C@@H]1C[C@@H](NC(=O)Cc2ccc(F)cc2)CN1Cc1ccccc1F. The van der Waals surface area contributed by atoms with Crippen molar-refractivity contribution in [1.29, 1.82) is 0 Å². The van der Waals surface area contributed by atoms with Crippen molar-refractivity contribution in [3.63, 3.8) is 0 Å². The second-order valence-electron chi connectivity index (χ2n) is 6.86. The van der Waals surface area contributed by atoms with Gasteiger partial charge in [-0.15, -0.1) is 0 Å². The number of halogens is 2. The van der Waals surface area contributed by atoms with Crippen molar-refractivity contribution in [2.24, 2.45) is 0 Å². The highest BCUT2D eigenvalue weighted by Gasteiger charge is 2.38. The predicted molar refractivity (Wildman–Crippen MR) is 99.3 cm³/mol. The number of hydrogen-bond donors (Lipinski definition) is 1. The maximum Gasteiger partial charge on any atom is 0.323 e. The lowest BCUT2D eigenvalue weighted by atomic mass is 10.1. The molecule has 1 aliphatic heterocycles. The first kappa shape index (κ1) is 19.9. The normalized spacial score (nSPS) is 19.4. The van der Waals surface area contributed by atoms with Gasteiger partial charge in [0.05, 0.1) is 13.5 Å². The van der Waals surface area contributed by atoms with Gasteiger partial charge in [0.25, 0.3) is 0 Å². The molecule has 0 aliphatic carbocycles. The minimum atomic E-state index is -0.555. The van der Waals surface area contributed by atoms with Crippen LogP contribution in [0.2, 0.25) is 0 Å². The Hall–Kier alpha value is -2.80. The van der Waals surface area contributed by atoms with Crippen molar-refractivity contribution < 1.29 is 23.1 Å². The number of carbonyl (C=O) groups excluding carboxylic acids is 2. The molecule has 0 bridgehead atoms. The maximum atomic E-state index is 14.0. The van der Waals surface area contributed by atoms with Crippen molar-refractivity contribution >= 4 is 11.9 Å². The summed E-state index contributed by atoms with van der Waals surface area (Å²) in [7, 11) is 1.31. The number of hydrogen-bond acceptors (Lipinski definition) is 4. The molecule has 2 aromatic carbocycles. The van der Waals surface area contributed by atoms with Gasteiger partial charge in [0, 0.05) is 24.7 Å². The summed E-state index contributed by atoms with van der Waals surface area (Å²) in [6, 6.07) is 11.3. The molecule has 1 saturated heterocycles. The van der Waals surface area contributed by atoms with Crippen molar-refractivity contribution in [2.75, 3.05) is 13.7 Å². The van der Waals surface area contributed by atoms with Crippen molar-refractivity contribution in [3.8, 4) is 0 Å². The second-order valence-corrected chi connectivity index (χ2v) is 6.86. The van der Waals surface area contributed by atoms with Crippen LogP contribution >= 0.6 is 0 Å². The summed E-state index contributed by atoms with van der Waals surface area (Å²) >= 11 is 0. The van der Waals surface area contributed by atoms with Gasteiger partial charge < -0.3 is 10.1 Å². The zero-order chi connectivity index (χ0) is 20.1. The first-order valence-corrected chi connectivity index (χ1v) is 9.05. The van der Waals surface area contributed by atoms with Crippen molar-refractivity contribution in [3.05, 3.63) is 71.3 Å². The molecule has 0 aromatic heterocycles. The largest absolute Gasteiger partial charge is 0.468 e. The second kappa shape index (κ2) is 8.93. The number of ether oxygens (including phenoxy) is 1. The Morgan fingerprint density at radius 3 is 2.54 bits per heavy atom. The molecule has 0 spiro atoms. The molecule has 2 aromatic rings. The Bertz CT molecular complexity index is 842. The van der Waals surface area contributed by atoms with E-state index in [2.05, 4.69) is 5.32 Å². The highest BCUT2D eigenvalue weighted by atomic mass is 19.1. The fourth-order valence-corrected chi connectivity index (χ4v) is 3.48. The lowest BCUT2D eigenvalue weighted by Crippen LogP contribution is -2.38. The van der Waals surface area contributed by atoms with Crippen LogP contribution in [0, 0.1) is 11.6 Å². The van der Waals surface area contributed by atoms with Gasteiger partial charge in [-0.05, 0) is 30.2 Å². The van der Waals surface area contributed by atoms with Gasteiger partial charge in [0.15, 0.2) is 0 Å². The van der Waals surface area contributed by atoms with Crippen LogP contribution in [-0.2, 0) is 27.3 Å². The third kappa shape index (κ3) is 4.92. The molecule has 0 unspecified atom stereocenters. The molecule has 1 heterocycles. The van der Waals surface area contributed by atoms with E-state index < -0.39 is 12.0 Å². The monoisotopic (exact) mass is 388 g/mol. The fraction of sp³-hybridized carbons (Fsp3) is 0.333. The summed E-state index contributed by atoms with van der Waals surface area (Å²) in [5.74, 6) is -1.32. The number of nitrogens with zero attached hydrogens (tertiary/aromatic N) is 1. The van der Waals surface area contributed by atoms with E-state index in [1.807, 2.05) is 4.90 Å². The Kier molecular flexibility index (Phi) is 6.36. The molecular formula is C21H22F2N2O3. The summed E-state index contributed by atoms with van der Waals surface area (Å²) < 4.78 is 31.8. The maximum absolute atomic E-state index is 14.0. The summed E-state index contributed by atoms with van der Waals surface area (Å²) in [4.78, 5) is 26.3. The van der Waals surface area contributed by atoms with E-state index >= 15 is 0 Å². The summed E-state index contributed by atoms with van der Waals surface area (Å²) in [6.07, 6.45) is 0.503. The third-order valence-electron chi connectivity index (χ3n) is 4.85. The molecule has 1 N–H and O–H groups in total. The lowest BCUT2D eigenvalue weighted by Gasteiger charge is -2.22. The molecule has 2 atom stereocenters. The predicted octanol–water partition coefficient (Wildman–Crippen LogP) is 2.44. The first-order valence-electron chi connectivity index (χ1n) is 9.05. The Morgan fingerprint density at radius 2 is 1.86 bits per heavy atom. The quantitative estimate of drug-likeness (QED) is 0.773. The summed E-state index contributed by atoms with van der Waals surface area (Å²) in [5.41, 5.74) is 1.18. The van der Waals surface area contributed by atoms with Crippen LogP contribution in [0.1, 0.15) is 17.5 Å². The molecular weight excluding hydrogens is 366 g/mol. The number of methoxy groups -OCH3 is 1. The van der Waals surface area contributed by atoms with Crippen LogP contribution in [0.5, 0.6) is 0 Å². The highest BCUT2D eigenvalue weighted by Crippen LogP contribution is 2.23. The molecule has 3 rings (SSSR count). The molecule has 7 heteroatoms. The van der Waals surface area contributed by atoms with E-state index in [1.54, 1.807) is 30.3 Å². The van der Waals surface area contributed by atoms with E-state index in [4.69, 9.17) is 4.74 Å². The van der Waals surface area contributed by atoms with Gasteiger partial charge in [0.2, 0.25) is 5.91 Å². The van der Waals surface area contributed by atoms with Crippen molar-refractivity contribution in [2.45, 2.75) is 31.5 Å². The highest BCUT2D eigenvalue weighted by molar-refractivity contribution is 5.80. The Balaban J connectivity index is 1.64. The van der Waals surface area contributed by atoms with Gasteiger partial charge >= 0.3 is 5.97 Å². The molecule has 148 valence electrons. The number of rotatable bonds is 6. The lowest BCUT2D eigenvalue weighted by molar-refractivity contribution is -0.146. The van der Waals surface area contributed by atoms with Crippen LogP contribution in [0.25, 0.3) is 0 Å². The van der Waals surface area contributed by atoms with Gasteiger partial charge in [-0.3, -0.25) is 14.5 Å². The average Bonchev–Trinajstić information content (AvgIpc) is 3.07. The number of nitrogens with one attached hydrogen (secondary N) is 1. The number of carbonyl (C=O) groups is 2. The van der Waals surface area contributed by atoms with E-state index in [0.29, 0.717) is 24.1 Å². The molecule has 1 aliphatic rings. The Labute approximate surface area is 162 Å². The zero-order valence-electron chi connectivity index (χ0n) is 15.5. The number of likely N-dealkylation sites (tertiary alicyclic amines) is 1. The molecule has 28 heavy (non-hydrogen) atoms. The first-order chi connectivity index (χ1) is 13.5. The summed E-state index contributed by atoms with van der Waals surface area (Å²) in [6.45, 7) is 0.653. The smallest absolute Gasteiger partial charge is 0.323 e. The van der Waals surface area contributed by atoms with Crippen LogP contribution in [-0.4, -0.2) is 42.5 Å². The van der Waals surface area contributed by atoms with Crippen molar-refractivity contribution in [1.82, 2.24) is 10.2 Å². The van der Waals surface area contributed by atoms with Crippen LogP contribution < -0.4 is 5.32 Å².